The second kappa shape index (κ2) is 5.73. The summed E-state index contributed by atoms with van der Waals surface area (Å²) in [6.07, 6.45) is 1.80. The Labute approximate surface area is 66.0 Å². The predicted octanol–water partition coefficient (Wildman–Crippen LogP) is 0.0385. The second-order valence-corrected chi connectivity index (χ2v) is 1.99. The summed E-state index contributed by atoms with van der Waals surface area (Å²) in [5, 5.41) is 0. The molecule has 0 saturated heterocycles. The van der Waals surface area contributed by atoms with Gasteiger partial charge in [0.15, 0.2) is 0 Å². The molecular formula is C7H13NO3. The minimum Gasteiger partial charge on any atom is -0.466 e. The molecule has 0 saturated carbocycles. The number of methoxy groups -OCH3 is 2. The molecule has 0 bridgehead atoms. The predicted molar refractivity (Wildman–Crippen MR) is 40.8 cm³/mol. The highest BCUT2D eigenvalue weighted by Crippen LogP contribution is 1.92. The van der Waals surface area contributed by atoms with Crippen LogP contribution in [0.15, 0.2) is 11.8 Å². The van der Waals surface area contributed by atoms with Crippen LogP contribution in [0.1, 0.15) is 6.42 Å². The quantitative estimate of drug-likeness (QED) is 0.464. The minimum absolute atomic E-state index is 0.432. The first-order valence-corrected chi connectivity index (χ1v) is 3.23. The van der Waals surface area contributed by atoms with Crippen LogP contribution in [0.5, 0.6) is 0 Å². The van der Waals surface area contributed by atoms with E-state index in [1.807, 2.05) is 0 Å². The molecule has 0 heterocycles. The molecule has 0 aromatic heterocycles. The molecule has 0 rings (SSSR count). The van der Waals surface area contributed by atoms with Gasteiger partial charge in [-0.05, 0) is 0 Å². The zero-order valence-corrected chi connectivity index (χ0v) is 6.79. The lowest BCUT2D eigenvalue weighted by molar-refractivity contribution is -0.134. The maximum absolute atomic E-state index is 10.6. The molecule has 0 aliphatic carbocycles. The van der Waals surface area contributed by atoms with Gasteiger partial charge in [-0.25, -0.2) is 4.79 Å². The van der Waals surface area contributed by atoms with E-state index in [4.69, 9.17) is 10.5 Å². The fourth-order valence-electron chi connectivity index (χ4n) is 0.502. The average molecular weight is 159 g/mol. The second-order valence-electron chi connectivity index (χ2n) is 1.99. The summed E-state index contributed by atoms with van der Waals surface area (Å²) in [5.41, 5.74) is 5.89. The number of rotatable bonds is 4. The number of carbonyl (C=O) groups excluding carboxylic acids is 1. The van der Waals surface area contributed by atoms with E-state index in [0.717, 1.165) is 0 Å². The number of carbonyl (C=O) groups is 1. The van der Waals surface area contributed by atoms with Crippen molar-refractivity contribution in [2.45, 2.75) is 6.42 Å². The largest absolute Gasteiger partial charge is 0.466 e. The van der Waals surface area contributed by atoms with Gasteiger partial charge in [-0.1, -0.05) is 0 Å². The van der Waals surface area contributed by atoms with Crippen LogP contribution >= 0.6 is 0 Å². The van der Waals surface area contributed by atoms with Gasteiger partial charge in [-0.2, -0.15) is 0 Å². The molecule has 2 N–H and O–H groups in total. The van der Waals surface area contributed by atoms with Gasteiger partial charge in [0, 0.05) is 25.3 Å². The Morgan fingerprint density at radius 2 is 2.18 bits per heavy atom. The number of esters is 1. The van der Waals surface area contributed by atoms with E-state index in [9.17, 15) is 4.79 Å². The third kappa shape index (κ3) is 5.42. The molecule has 0 radical (unpaired) electrons. The Kier molecular flexibility index (Phi) is 5.20. The molecule has 0 aliphatic heterocycles. The topological polar surface area (TPSA) is 61.5 Å². The van der Waals surface area contributed by atoms with Gasteiger partial charge in [0.25, 0.3) is 0 Å². The zero-order valence-electron chi connectivity index (χ0n) is 6.79. The van der Waals surface area contributed by atoms with Gasteiger partial charge in [-0.15, -0.1) is 0 Å². The van der Waals surface area contributed by atoms with Crippen LogP contribution in [-0.4, -0.2) is 26.8 Å². The van der Waals surface area contributed by atoms with Gasteiger partial charge >= 0.3 is 5.97 Å². The van der Waals surface area contributed by atoms with Crippen LogP contribution in [-0.2, 0) is 14.3 Å². The van der Waals surface area contributed by atoms with Gasteiger partial charge in [0.1, 0.15) is 0 Å². The summed E-state index contributed by atoms with van der Waals surface area (Å²) in [7, 11) is 2.88. The Bertz CT molecular complexity index is 154. The fraction of sp³-hybridized carbons (Fsp3) is 0.571. The van der Waals surface area contributed by atoms with Crippen LogP contribution in [0.2, 0.25) is 0 Å². The standard InChI is InChI=1S/C7H13NO3/c1-10-4-3-6(8)5-7(9)11-2/h5H,3-4,8H2,1-2H3/b6-5+. The summed E-state index contributed by atoms with van der Waals surface area (Å²) in [6, 6.07) is 0. The van der Waals surface area contributed by atoms with E-state index in [2.05, 4.69) is 4.74 Å². The number of hydrogen-bond acceptors (Lipinski definition) is 4. The molecule has 11 heavy (non-hydrogen) atoms. The van der Waals surface area contributed by atoms with Crippen LogP contribution in [0.25, 0.3) is 0 Å². The summed E-state index contributed by atoms with van der Waals surface area (Å²) >= 11 is 0. The lowest BCUT2D eigenvalue weighted by atomic mass is 10.3. The average Bonchev–Trinajstić information content (AvgIpc) is 2.00. The molecule has 0 aliphatic rings. The van der Waals surface area contributed by atoms with Crippen LogP contribution < -0.4 is 5.73 Å². The van der Waals surface area contributed by atoms with Crippen molar-refractivity contribution in [3.8, 4) is 0 Å². The van der Waals surface area contributed by atoms with Gasteiger partial charge in [0.05, 0.1) is 13.7 Å². The van der Waals surface area contributed by atoms with Gasteiger partial charge in [-0.3, -0.25) is 0 Å². The minimum atomic E-state index is -0.432. The van der Waals surface area contributed by atoms with E-state index in [1.54, 1.807) is 7.11 Å². The van der Waals surface area contributed by atoms with Crippen LogP contribution in [0.4, 0.5) is 0 Å². The van der Waals surface area contributed by atoms with Crippen LogP contribution in [0, 0.1) is 0 Å². The number of nitrogens with two attached hydrogens (primary N) is 1. The van der Waals surface area contributed by atoms with E-state index in [1.165, 1.54) is 13.2 Å². The molecule has 0 aromatic rings. The summed E-state index contributed by atoms with van der Waals surface area (Å²) in [6.45, 7) is 0.513. The maximum atomic E-state index is 10.6. The normalized spacial score (nSPS) is 11.3. The van der Waals surface area contributed by atoms with Crippen molar-refractivity contribution in [2.24, 2.45) is 5.73 Å². The first-order chi connectivity index (χ1) is 5.20. The molecule has 0 spiro atoms. The summed E-state index contributed by atoms with van der Waals surface area (Å²) < 4.78 is 9.12. The molecule has 0 fully saturated rings. The fourth-order valence-corrected chi connectivity index (χ4v) is 0.502. The van der Waals surface area contributed by atoms with Crippen molar-refractivity contribution >= 4 is 5.97 Å². The van der Waals surface area contributed by atoms with E-state index >= 15 is 0 Å². The Morgan fingerprint density at radius 3 is 2.64 bits per heavy atom. The summed E-state index contributed by atoms with van der Waals surface area (Å²) in [5.74, 6) is -0.432. The van der Waals surface area contributed by atoms with Crippen LogP contribution in [0.3, 0.4) is 0 Å². The summed E-state index contributed by atoms with van der Waals surface area (Å²) in [4.78, 5) is 10.6. The van der Waals surface area contributed by atoms with Crippen molar-refractivity contribution in [3.05, 3.63) is 11.8 Å². The van der Waals surface area contributed by atoms with Crippen molar-refractivity contribution in [3.63, 3.8) is 0 Å². The van der Waals surface area contributed by atoms with E-state index in [0.29, 0.717) is 18.7 Å². The molecule has 4 nitrogen and oxygen atoms in total. The molecule has 0 aromatic carbocycles. The van der Waals surface area contributed by atoms with Crippen molar-refractivity contribution in [1.82, 2.24) is 0 Å². The smallest absolute Gasteiger partial charge is 0.332 e. The van der Waals surface area contributed by atoms with E-state index < -0.39 is 5.97 Å². The molecule has 4 heteroatoms. The van der Waals surface area contributed by atoms with Crippen molar-refractivity contribution in [1.29, 1.82) is 0 Å². The van der Waals surface area contributed by atoms with Crippen molar-refractivity contribution < 1.29 is 14.3 Å². The van der Waals surface area contributed by atoms with Gasteiger partial charge < -0.3 is 15.2 Å². The highest BCUT2D eigenvalue weighted by atomic mass is 16.5. The Hall–Kier alpha value is -1.03. The monoisotopic (exact) mass is 159 g/mol. The van der Waals surface area contributed by atoms with Crippen molar-refractivity contribution in [2.75, 3.05) is 20.8 Å². The van der Waals surface area contributed by atoms with Gasteiger partial charge in [0.2, 0.25) is 0 Å². The lowest BCUT2D eigenvalue weighted by Gasteiger charge is -1.98. The molecule has 64 valence electrons. The molecular weight excluding hydrogens is 146 g/mol. The lowest BCUT2D eigenvalue weighted by Crippen LogP contribution is -2.06. The highest BCUT2D eigenvalue weighted by Gasteiger charge is 1.96. The Balaban J connectivity index is 3.70. The third-order valence-electron chi connectivity index (χ3n) is 1.10. The molecule has 0 unspecified atom stereocenters. The number of ether oxygens (including phenoxy) is 2. The number of hydrogen-bond donors (Lipinski definition) is 1. The molecule has 0 atom stereocenters. The Morgan fingerprint density at radius 1 is 1.55 bits per heavy atom. The maximum Gasteiger partial charge on any atom is 0.332 e. The first kappa shape index (κ1) is 9.97. The third-order valence-corrected chi connectivity index (χ3v) is 1.10. The highest BCUT2D eigenvalue weighted by molar-refractivity contribution is 5.82. The molecule has 0 amide bonds. The first-order valence-electron chi connectivity index (χ1n) is 3.23. The zero-order chi connectivity index (χ0) is 8.69. The SMILES string of the molecule is COCC/C(N)=C\C(=O)OC. The van der Waals surface area contributed by atoms with E-state index in [-0.39, 0.29) is 0 Å².